The lowest BCUT2D eigenvalue weighted by Gasteiger charge is -2.04. The zero-order chi connectivity index (χ0) is 9.14. The highest BCUT2D eigenvalue weighted by molar-refractivity contribution is 5.64. The van der Waals surface area contributed by atoms with E-state index in [4.69, 9.17) is 4.74 Å². The van der Waals surface area contributed by atoms with Crippen LogP contribution in [0.25, 0.3) is 5.57 Å². The first-order valence-electron chi connectivity index (χ1n) is 3.67. The maximum atomic E-state index is 9.25. The fourth-order valence-electron chi connectivity index (χ4n) is 0.948. The summed E-state index contributed by atoms with van der Waals surface area (Å²) in [5, 5.41) is 9.25. The molecule has 0 bridgehead atoms. The maximum absolute atomic E-state index is 9.25. The lowest BCUT2D eigenvalue weighted by atomic mass is 10.1. The summed E-state index contributed by atoms with van der Waals surface area (Å²) >= 11 is 0. The van der Waals surface area contributed by atoms with E-state index in [0.717, 1.165) is 11.1 Å². The summed E-state index contributed by atoms with van der Waals surface area (Å²) in [5.41, 5.74) is 1.80. The third-order valence-corrected chi connectivity index (χ3v) is 1.62. The first-order chi connectivity index (χ1) is 5.63. The first kappa shape index (κ1) is 8.65. The smallest absolute Gasteiger partial charge is 0.123 e. The topological polar surface area (TPSA) is 29.5 Å². The average molecular weight is 164 g/mol. The standard InChI is InChI=1S/C10H12O2/c1-7(2)8-4-9(11)6-10(5-8)12-3/h4-6,11H,1H2,2-3H3. The molecule has 12 heavy (non-hydrogen) atoms. The lowest BCUT2D eigenvalue weighted by Crippen LogP contribution is -1.84. The van der Waals surface area contributed by atoms with Gasteiger partial charge in [0.25, 0.3) is 0 Å². The molecular formula is C10H12O2. The van der Waals surface area contributed by atoms with Crippen molar-refractivity contribution in [1.29, 1.82) is 0 Å². The van der Waals surface area contributed by atoms with E-state index in [2.05, 4.69) is 6.58 Å². The van der Waals surface area contributed by atoms with Gasteiger partial charge in [-0.1, -0.05) is 12.2 Å². The van der Waals surface area contributed by atoms with Gasteiger partial charge in [-0.2, -0.15) is 0 Å². The van der Waals surface area contributed by atoms with Crippen molar-refractivity contribution in [2.24, 2.45) is 0 Å². The Kier molecular flexibility index (Phi) is 2.38. The number of hydrogen-bond acceptors (Lipinski definition) is 2. The van der Waals surface area contributed by atoms with E-state index in [1.54, 1.807) is 19.2 Å². The second kappa shape index (κ2) is 3.30. The number of rotatable bonds is 2. The largest absolute Gasteiger partial charge is 0.508 e. The van der Waals surface area contributed by atoms with Crippen LogP contribution in [0.2, 0.25) is 0 Å². The molecule has 0 unspecified atom stereocenters. The maximum Gasteiger partial charge on any atom is 0.123 e. The summed E-state index contributed by atoms with van der Waals surface area (Å²) < 4.78 is 4.98. The molecule has 2 nitrogen and oxygen atoms in total. The molecule has 1 aromatic carbocycles. The van der Waals surface area contributed by atoms with Crippen molar-refractivity contribution in [3.05, 3.63) is 30.3 Å². The van der Waals surface area contributed by atoms with Crippen molar-refractivity contribution >= 4 is 5.57 Å². The molecule has 1 aromatic rings. The Morgan fingerprint density at radius 2 is 2.08 bits per heavy atom. The van der Waals surface area contributed by atoms with Gasteiger partial charge in [-0.3, -0.25) is 0 Å². The minimum Gasteiger partial charge on any atom is -0.508 e. The van der Waals surface area contributed by atoms with Crippen LogP contribution >= 0.6 is 0 Å². The minimum absolute atomic E-state index is 0.201. The van der Waals surface area contributed by atoms with Crippen LogP contribution in [-0.2, 0) is 0 Å². The molecule has 0 aliphatic heterocycles. The molecule has 0 fully saturated rings. The van der Waals surface area contributed by atoms with E-state index in [1.807, 2.05) is 13.0 Å². The Bertz CT molecular complexity index is 303. The molecule has 0 atom stereocenters. The second-order valence-electron chi connectivity index (χ2n) is 2.70. The van der Waals surface area contributed by atoms with Crippen LogP contribution in [0.15, 0.2) is 24.8 Å². The van der Waals surface area contributed by atoms with Crippen LogP contribution in [-0.4, -0.2) is 12.2 Å². The highest BCUT2D eigenvalue weighted by Gasteiger charge is 1.99. The Morgan fingerprint density at radius 1 is 1.42 bits per heavy atom. The van der Waals surface area contributed by atoms with Gasteiger partial charge in [-0.15, -0.1) is 0 Å². The van der Waals surface area contributed by atoms with E-state index in [0.29, 0.717) is 5.75 Å². The number of allylic oxidation sites excluding steroid dienone is 1. The van der Waals surface area contributed by atoms with E-state index in [1.165, 1.54) is 0 Å². The summed E-state index contributed by atoms with van der Waals surface area (Å²) in [6, 6.07) is 5.05. The minimum atomic E-state index is 0.201. The van der Waals surface area contributed by atoms with Crippen LogP contribution in [0.5, 0.6) is 11.5 Å². The van der Waals surface area contributed by atoms with E-state index >= 15 is 0 Å². The van der Waals surface area contributed by atoms with Crippen molar-refractivity contribution < 1.29 is 9.84 Å². The summed E-state index contributed by atoms with van der Waals surface area (Å²) in [6.45, 7) is 5.66. The van der Waals surface area contributed by atoms with Gasteiger partial charge >= 0.3 is 0 Å². The van der Waals surface area contributed by atoms with Crippen LogP contribution in [0.4, 0.5) is 0 Å². The van der Waals surface area contributed by atoms with Gasteiger partial charge < -0.3 is 9.84 Å². The summed E-state index contributed by atoms with van der Waals surface area (Å²) in [6.07, 6.45) is 0. The molecule has 0 aliphatic rings. The van der Waals surface area contributed by atoms with E-state index in [-0.39, 0.29) is 5.75 Å². The van der Waals surface area contributed by atoms with Gasteiger partial charge in [0.15, 0.2) is 0 Å². The summed E-state index contributed by atoms with van der Waals surface area (Å²) in [4.78, 5) is 0. The Labute approximate surface area is 72.1 Å². The fourth-order valence-corrected chi connectivity index (χ4v) is 0.948. The van der Waals surface area contributed by atoms with Crippen molar-refractivity contribution in [2.75, 3.05) is 7.11 Å². The average Bonchev–Trinajstić information content (AvgIpc) is 2.03. The van der Waals surface area contributed by atoms with Gasteiger partial charge in [0, 0.05) is 6.07 Å². The number of ether oxygens (including phenoxy) is 1. The molecule has 0 saturated heterocycles. The molecule has 0 radical (unpaired) electrons. The first-order valence-corrected chi connectivity index (χ1v) is 3.67. The Balaban J connectivity index is 3.15. The molecule has 1 N–H and O–H groups in total. The van der Waals surface area contributed by atoms with Crippen LogP contribution in [0.3, 0.4) is 0 Å². The molecule has 0 aromatic heterocycles. The van der Waals surface area contributed by atoms with Crippen LogP contribution in [0, 0.1) is 0 Å². The van der Waals surface area contributed by atoms with Crippen molar-refractivity contribution in [3.63, 3.8) is 0 Å². The fraction of sp³-hybridized carbons (Fsp3) is 0.200. The van der Waals surface area contributed by atoms with E-state index < -0.39 is 0 Å². The Morgan fingerprint density at radius 3 is 2.58 bits per heavy atom. The van der Waals surface area contributed by atoms with Gasteiger partial charge in [0.1, 0.15) is 11.5 Å². The zero-order valence-electron chi connectivity index (χ0n) is 7.29. The SMILES string of the molecule is C=C(C)c1cc(O)cc(OC)c1. The van der Waals surface area contributed by atoms with Crippen molar-refractivity contribution in [2.45, 2.75) is 6.92 Å². The normalized spacial score (nSPS) is 9.50. The van der Waals surface area contributed by atoms with E-state index in [9.17, 15) is 5.11 Å². The monoisotopic (exact) mass is 164 g/mol. The van der Waals surface area contributed by atoms with Gasteiger partial charge in [0.2, 0.25) is 0 Å². The Hall–Kier alpha value is -1.44. The molecule has 64 valence electrons. The second-order valence-corrected chi connectivity index (χ2v) is 2.70. The highest BCUT2D eigenvalue weighted by atomic mass is 16.5. The number of phenols is 1. The molecule has 1 rings (SSSR count). The number of benzene rings is 1. The summed E-state index contributed by atoms with van der Waals surface area (Å²) in [5.74, 6) is 0.848. The third kappa shape index (κ3) is 1.78. The number of hydrogen-bond donors (Lipinski definition) is 1. The highest BCUT2D eigenvalue weighted by Crippen LogP contribution is 2.24. The van der Waals surface area contributed by atoms with Crippen molar-refractivity contribution in [3.8, 4) is 11.5 Å². The quantitative estimate of drug-likeness (QED) is 0.727. The van der Waals surface area contributed by atoms with Crippen LogP contribution < -0.4 is 4.74 Å². The molecule has 2 heteroatoms. The number of phenolic OH excluding ortho intramolecular Hbond substituents is 1. The third-order valence-electron chi connectivity index (χ3n) is 1.62. The predicted molar refractivity (Wildman–Crippen MR) is 49.4 cm³/mol. The molecule has 0 aliphatic carbocycles. The molecular weight excluding hydrogens is 152 g/mol. The zero-order valence-corrected chi connectivity index (χ0v) is 7.29. The van der Waals surface area contributed by atoms with Crippen molar-refractivity contribution in [1.82, 2.24) is 0 Å². The molecule has 0 heterocycles. The lowest BCUT2D eigenvalue weighted by molar-refractivity contribution is 0.407. The van der Waals surface area contributed by atoms with Gasteiger partial charge in [-0.25, -0.2) is 0 Å². The predicted octanol–water partition coefficient (Wildman–Crippen LogP) is 2.43. The number of aromatic hydroxyl groups is 1. The molecule has 0 spiro atoms. The number of methoxy groups -OCH3 is 1. The van der Waals surface area contributed by atoms with Gasteiger partial charge in [0.05, 0.1) is 7.11 Å². The van der Waals surface area contributed by atoms with Crippen LogP contribution in [0.1, 0.15) is 12.5 Å². The summed E-state index contributed by atoms with van der Waals surface area (Å²) in [7, 11) is 1.57. The molecule has 0 saturated carbocycles. The molecule has 0 amide bonds. The van der Waals surface area contributed by atoms with Gasteiger partial charge in [-0.05, 0) is 24.6 Å².